The highest BCUT2D eigenvalue weighted by atomic mass is 35.6. The molecule has 0 N–H and O–H groups in total. The van der Waals surface area contributed by atoms with Crippen molar-refractivity contribution in [1.82, 2.24) is 0 Å². The first kappa shape index (κ1) is 10.1. The van der Waals surface area contributed by atoms with Gasteiger partial charge in [0.1, 0.15) is 0 Å². The topological polar surface area (TPSA) is 0 Å². The van der Waals surface area contributed by atoms with Crippen LogP contribution in [0.4, 0.5) is 0 Å². The van der Waals surface area contributed by atoms with E-state index in [4.69, 9.17) is 11.1 Å². The van der Waals surface area contributed by atoms with Crippen LogP contribution in [0.15, 0.2) is 22.4 Å². The van der Waals surface area contributed by atoms with E-state index in [1.807, 2.05) is 0 Å². The van der Waals surface area contributed by atoms with Crippen LogP contribution in [0.25, 0.3) is 0 Å². The highest BCUT2D eigenvalue weighted by Crippen LogP contribution is 2.28. The second-order valence-electron chi connectivity index (χ2n) is 3.50. The van der Waals surface area contributed by atoms with E-state index < -0.39 is 8.83 Å². The Morgan fingerprint density at radius 2 is 2.33 bits per heavy atom. The molecule has 0 amide bonds. The highest BCUT2D eigenvalue weighted by molar-refractivity contribution is 6.98. The van der Waals surface area contributed by atoms with Crippen molar-refractivity contribution in [2.24, 2.45) is 0 Å². The van der Waals surface area contributed by atoms with Crippen molar-refractivity contribution in [3.8, 4) is 0 Å². The number of hydrogen-bond donors (Lipinski definition) is 0. The zero-order chi connectivity index (χ0) is 8.97. The van der Waals surface area contributed by atoms with Gasteiger partial charge in [0.15, 0.2) is 8.83 Å². The third kappa shape index (κ3) is 2.49. The van der Waals surface area contributed by atoms with Gasteiger partial charge in [-0.15, -0.1) is 0 Å². The molecule has 0 heterocycles. The average molecular weight is 201 g/mol. The first-order valence-electron chi connectivity index (χ1n) is 4.72. The number of unbranched alkanes of at least 4 members (excludes halogenated alkanes) is 1. The molecule has 0 nitrogen and oxygen atoms in total. The third-order valence-electron chi connectivity index (χ3n) is 2.43. The lowest BCUT2D eigenvalue weighted by Crippen LogP contribution is -1.88. The maximum absolute atomic E-state index is 5.95. The minimum Gasteiger partial charge on any atom is -0.170 e. The first-order chi connectivity index (χ1) is 5.77. The van der Waals surface area contributed by atoms with E-state index in [1.54, 1.807) is 10.8 Å². The fraction of sp³-hybridized carbons (Fsp3) is 0.600. The van der Waals surface area contributed by atoms with Gasteiger partial charge in [-0.25, -0.2) is 0 Å². The molecule has 0 aromatic rings. The third-order valence-corrected chi connectivity index (χ3v) is 4.53. The monoisotopic (exact) mass is 200 g/mol. The quantitative estimate of drug-likeness (QED) is 0.484. The maximum atomic E-state index is 5.95. The van der Waals surface area contributed by atoms with Crippen LogP contribution in [0.1, 0.15) is 39.5 Å². The molecule has 0 spiro atoms. The number of hydrogen-bond acceptors (Lipinski definition) is 0. The minimum absolute atomic E-state index is 0.412. The Bertz CT molecular complexity index is 216. The predicted molar refractivity (Wildman–Crippen MR) is 59.3 cm³/mol. The van der Waals surface area contributed by atoms with Crippen molar-refractivity contribution in [3.63, 3.8) is 0 Å². The van der Waals surface area contributed by atoms with E-state index in [-0.39, 0.29) is 0 Å². The van der Waals surface area contributed by atoms with Crippen LogP contribution in [0.5, 0.6) is 0 Å². The van der Waals surface area contributed by atoms with Crippen molar-refractivity contribution in [2.45, 2.75) is 39.5 Å². The Labute approximate surface area is 82.2 Å². The Kier molecular flexibility index (Phi) is 4.09. The summed E-state index contributed by atoms with van der Waals surface area (Å²) in [6, 6.07) is 0. The van der Waals surface area contributed by atoms with Gasteiger partial charge in [0, 0.05) is 0 Å². The van der Waals surface area contributed by atoms with Crippen molar-refractivity contribution in [2.75, 3.05) is 0 Å². The van der Waals surface area contributed by atoms with Gasteiger partial charge in [-0.1, -0.05) is 35.8 Å². The first-order valence-corrected chi connectivity index (χ1v) is 7.56. The van der Waals surface area contributed by atoms with Gasteiger partial charge in [0.25, 0.3) is 0 Å². The fourth-order valence-corrected chi connectivity index (χ4v) is 3.23. The van der Waals surface area contributed by atoms with Crippen molar-refractivity contribution in [3.05, 3.63) is 22.4 Å². The van der Waals surface area contributed by atoms with Crippen molar-refractivity contribution < 1.29 is 0 Å². The van der Waals surface area contributed by atoms with Crippen LogP contribution in [0.2, 0.25) is 0 Å². The normalized spacial score (nSPS) is 18.1. The fourth-order valence-electron chi connectivity index (χ4n) is 1.59. The average Bonchev–Trinajstić information content (AvgIpc) is 2.43. The molecule has 68 valence electrons. The van der Waals surface area contributed by atoms with Crippen LogP contribution in [-0.4, -0.2) is 8.83 Å². The van der Waals surface area contributed by atoms with Crippen LogP contribution in [0.3, 0.4) is 0 Å². The largest absolute Gasteiger partial charge is 0.170 e. The SMILES string of the molecule is CCCCC1=CC(C)=C([SiH2]Cl)C1. The van der Waals surface area contributed by atoms with Crippen LogP contribution < -0.4 is 0 Å². The van der Waals surface area contributed by atoms with E-state index in [0.717, 1.165) is 0 Å². The highest BCUT2D eigenvalue weighted by Gasteiger charge is 2.11. The van der Waals surface area contributed by atoms with Gasteiger partial charge in [0.2, 0.25) is 0 Å². The van der Waals surface area contributed by atoms with E-state index in [9.17, 15) is 0 Å². The molecule has 1 aliphatic rings. The zero-order valence-corrected chi connectivity index (χ0v) is 10.2. The summed E-state index contributed by atoms with van der Waals surface area (Å²) in [5.74, 6) is 0. The van der Waals surface area contributed by atoms with E-state index in [2.05, 4.69) is 19.9 Å². The van der Waals surface area contributed by atoms with Gasteiger partial charge in [-0.3, -0.25) is 0 Å². The van der Waals surface area contributed by atoms with Crippen LogP contribution in [-0.2, 0) is 0 Å². The number of allylic oxidation sites excluding steroid dienone is 4. The molecule has 0 bridgehead atoms. The van der Waals surface area contributed by atoms with Gasteiger partial charge in [0.05, 0.1) is 0 Å². The lowest BCUT2D eigenvalue weighted by Gasteiger charge is -2.00. The second-order valence-corrected chi connectivity index (χ2v) is 5.43. The molecule has 1 rings (SSSR count). The molecular weight excluding hydrogens is 184 g/mol. The van der Waals surface area contributed by atoms with Gasteiger partial charge in [-0.05, 0) is 26.2 Å². The summed E-state index contributed by atoms with van der Waals surface area (Å²) < 4.78 is 0. The van der Waals surface area contributed by atoms with E-state index >= 15 is 0 Å². The summed E-state index contributed by atoms with van der Waals surface area (Å²) in [5.41, 5.74) is 3.07. The number of halogens is 1. The van der Waals surface area contributed by atoms with Crippen molar-refractivity contribution in [1.29, 1.82) is 0 Å². The Morgan fingerprint density at radius 1 is 1.58 bits per heavy atom. The van der Waals surface area contributed by atoms with Crippen molar-refractivity contribution >= 4 is 19.9 Å². The van der Waals surface area contributed by atoms with Crippen LogP contribution in [0, 0.1) is 0 Å². The molecule has 0 aromatic heterocycles. The smallest absolute Gasteiger partial charge is 0.152 e. The molecule has 0 aromatic carbocycles. The molecule has 0 atom stereocenters. The molecule has 0 unspecified atom stereocenters. The summed E-state index contributed by atoms with van der Waals surface area (Å²) in [6.07, 6.45) is 7.45. The lowest BCUT2D eigenvalue weighted by atomic mass is 10.1. The molecule has 0 saturated carbocycles. The molecule has 1 aliphatic carbocycles. The van der Waals surface area contributed by atoms with E-state index in [0.29, 0.717) is 0 Å². The number of rotatable bonds is 4. The Balaban J connectivity index is 2.41. The van der Waals surface area contributed by atoms with Crippen LogP contribution >= 0.6 is 11.1 Å². The summed E-state index contributed by atoms with van der Waals surface area (Å²) in [5, 5.41) is 1.56. The summed E-state index contributed by atoms with van der Waals surface area (Å²) in [7, 11) is -0.412. The summed E-state index contributed by atoms with van der Waals surface area (Å²) in [6.45, 7) is 4.44. The lowest BCUT2D eigenvalue weighted by molar-refractivity contribution is 0.778. The second kappa shape index (κ2) is 4.88. The van der Waals surface area contributed by atoms with Gasteiger partial charge >= 0.3 is 0 Å². The summed E-state index contributed by atoms with van der Waals surface area (Å²) >= 11 is 5.95. The molecule has 12 heavy (non-hydrogen) atoms. The molecule has 0 aliphatic heterocycles. The summed E-state index contributed by atoms with van der Waals surface area (Å²) in [4.78, 5) is 0. The molecule has 0 saturated heterocycles. The molecular formula is C10H17ClSi. The maximum Gasteiger partial charge on any atom is 0.152 e. The molecule has 0 fully saturated rings. The van der Waals surface area contributed by atoms with Gasteiger partial charge < -0.3 is 0 Å². The predicted octanol–water partition coefficient (Wildman–Crippen LogP) is 3.10. The minimum atomic E-state index is -0.412. The standard InChI is InChI=1S/C10H17ClSi/c1-3-4-5-9-6-8(2)10(7-9)12-11/h6H,3-5,7,12H2,1-2H3. The molecule has 0 radical (unpaired) electrons. The molecule has 2 heteroatoms. The van der Waals surface area contributed by atoms with E-state index in [1.165, 1.54) is 31.3 Å². The van der Waals surface area contributed by atoms with Gasteiger partial charge in [-0.2, -0.15) is 11.1 Å². The Morgan fingerprint density at radius 3 is 2.83 bits per heavy atom. The zero-order valence-electron chi connectivity index (χ0n) is 7.99. The Hall–Kier alpha value is -0.0131.